The number of carbonyl (C=O) groups is 2. The normalized spacial score (nSPS) is 11.9. The van der Waals surface area contributed by atoms with Gasteiger partial charge < -0.3 is 14.5 Å². The van der Waals surface area contributed by atoms with Crippen molar-refractivity contribution in [1.29, 1.82) is 0 Å². The van der Waals surface area contributed by atoms with Gasteiger partial charge in [-0.1, -0.05) is 60.7 Å². The van der Waals surface area contributed by atoms with Gasteiger partial charge in [0.15, 0.2) is 0 Å². The van der Waals surface area contributed by atoms with Crippen molar-refractivity contribution in [3.05, 3.63) is 94.3 Å². The molecule has 1 amide bonds. The van der Waals surface area contributed by atoms with E-state index >= 15 is 0 Å². The van der Waals surface area contributed by atoms with E-state index in [1.807, 2.05) is 60.7 Å². The van der Waals surface area contributed by atoms with Crippen LogP contribution in [0.3, 0.4) is 0 Å². The molecule has 4 rings (SSSR count). The molecule has 0 aliphatic heterocycles. The van der Waals surface area contributed by atoms with Gasteiger partial charge in [0, 0.05) is 23.9 Å². The maximum Gasteiger partial charge on any atom is 0.336 e. The molecule has 4 aromatic rings. The fourth-order valence-corrected chi connectivity index (χ4v) is 3.70. The van der Waals surface area contributed by atoms with Crippen molar-refractivity contribution in [2.24, 2.45) is 0 Å². The van der Waals surface area contributed by atoms with Gasteiger partial charge in [-0.05, 0) is 22.4 Å². The topological polar surface area (TPSA) is 85.6 Å². The average Bonchev–Trinajstić information content (AvgIpc) is 2.77. The molecule has 0 aliphatic rings. The second kappa shape index (κ2) is 8.83. The van der Waals surface area contributed by atoms with Crippen LogP contribution in [0.2, 0.25) is 0 Å². The highest BCUT2D eigenvalue weighted by atomic mass is 16.5. The van der Waals surface area contributed by atoms with Crippen LogP contribution in [0, 0.1) is 0 Å². The molecular formula is C25H21NO5. The molecule has 0 aliphatic carbocycles. The largest absolute Gasteiger partial charge is 0.461 e. The molecule has 0 saturated heterocycles. The SMILES string of the molecule is CC(=O)N[C@H](CC(=O)OCc1cc(=O)oc2ccc3ccccc3c12)c1ccccc1. The van der Waals surface area contributed by atoms with E-state index in [1.54, 1.807) is 6.07 Å². The molecular weight excluding hydrogens is 394 g/mol. The number of rotatable bonds is 6. The van der Waals surface area contributed by atoms with Gasteiger partial charge in [-0.3, -0.25) is 9.59 Å². The minimum absolute atomic E-state index is 0.0241. The van der Waals surface area contributed by atoms with E-state index in [9.17, 15) is 14.4 Å². The van der Waals surface area contributed by atoms with E-state index in [0.717, 1.165) is 21.7 Å². The number of ether oxygens (including phenoxy) is 1. The summed E-state index contributed by atoms with van der Waals surface area (Å²) in [7, 11) is 0. The van der Waals surface area contributed by atoms with Gasteiger partial charge in [-0.25, -0.2) is 4.79 Å². The van der Waals surface area contributed by atoms with Crippen LogP contribution in [0.1, 0.15) is 30.5 Å². The standard InChI is InChI=1S/C25H21NO5/c1-16(27)26-21(18-8-3-2-4-9-18)14-23(28)30-15-19-13-24(29)31-22-12-11-17-7-5-6-10-20(17)25(19)22/h2-13,21H,14-15H2,1H3,(H,26,27)/t21-/m1/s1. The van der Waals surface area contributed by atoms with Gasteiger partial charge in [-0.2, -0.15) is 0 Å². The Morgan fingerprint density at radius 1 is 1.00 bits per heavy atom. The summed E-state index contributed by atoms with van der Waals surface area (Å²) in [6.07, 6.45) is -0.0241. The number of hydrogen-bond donors (Lipinski definition) is 1. The molecule has 1 aromatic heterocycles. The Balaban J connectivity index is 1.58. The van der Waals surface area contributed by atoms with Crippen molar-refractivity contribution in [3.63, 3.8) is 0 Å². The third-order valence-electron chi connectivity index (χ3n) is 5.05. The monoisotopic (exact) mass is 415 g/mol. The predicted molar refractivity (Wildman–Crippen MR) is 117 cm³/mol. The van der Waals surface area contributed by atoms with Crippen molar-refractivity contribution in [1.82, 2.24) is 5.32 Å². The van der Waals surface area contributed by atoms with E-state index in [4.69, 9.17) is 9.15 Å². The Hall–Kier alpha value is -3.93. The molecule has 1 heterocycles. The van der Waals surface area contributed by atoms with Gasteiger partial charge in [0.1, 0.15) is 12.2 Å². The zero-order valence-electron chi connectivity index (χ0n) is 17.0. The summed E-state index contributed by atoms with van der Waals surface area (Å²) >= 11 is 0. The van der Waals surface area contributed by atoms with Crippen LogP contribution in [0.5, 0.6) is 0 Å². The molecule has 0 saturated carbocycles. The fourth-order valence-electron chi connectivity index (χ4n) is 3.70. The quantitative estimate of drug-likeness (QED) is 0.289. The summed E-state index contributed by atoms with van der Waals surface area (Å²) in [5.74, 6) is -0.719. The lowest BCUT2D eigenvalue weighted by Gasteiger charge is -2.18. The lowest BCUT2D eigenvalue weighted by atomic mass is 10.0. The second-order valence-corrected chi connectivity index (χ2v) is 7.28. The van der Waals surface area contributed by atoms with E-state index in [-0.39, 0.29) is 18.9 Å². The third-order valence-corrected chi connectivity index (χ3v) is 5.05. The van der Waals surface area contributed by atoms with Crippen molar-refractivity contribution in [2.45, 2.75) is 26.0 Å². The minimum Gasteiger partial charge on any atom is -0.461 e. The van der Waals surface area contributed by atoms with E-state index in [0.29, 0.717) is 11.1 Å². The van der Waals surface area contributed by atoms with Crippen molar-refractivity contribution in [3.8, 4) is 0 Å². The van der Waals surface area contributed by atoms with Gasteiger partial charge in [0.05, 0.1) is 12.5 Å². The van der Waals surface area contributed by atoms with E-state index in [2.05, 4.69) is 5.32 Å². The summed E-state index contributed by atoms with van der Waals surface area (Å²) in [6.45, 7) is 1.33. The minimum atomic E-state index is -0.505. The maximum absolute atomic E-state index is 12.6. The fraction of sp³-hybridized carbons (Fsp3) is 0.160. The first-order chi connectivity index (χ1) is 15.0. The molecule has 156 valence electrons. The maximum atomic E-state index is 12.6. The van der Waals surface area contributed by atoms with Gasteiger partial charge in [0.2, 0.25) is 5.91 Å². The predicted octanol–water partition coefficient (Wildman–Crippen LogP) is 4.26. The smallest absolute Gasteiger partial charge is 0.336 e. The van der Waals surface area contributed by atoms with Crippen LogP contribution in [0.15, 0.2) is 82.0 Å². The van der Waals surface area contributed by atoms with Crippen LogP contribution >= 0.6 is 0 Å². The molecule has 0 bridgehead atoms. The third kappa shape index (κ3) is 4.64. The number of benzene rings is 3. The van der Waals surface area contributed by atoms with Crippen LogP contribution < -0.4 is 10.9 Å². The van der Waals surface area contributed by atoms with Crippen molar-refractivity contribution in [2.75, 3.05) is 0 Å². The molecule has 1 atom stereocenters. The zero-order valence-corrected chi connectivity index (χ0v) is 17.0. The number of fused-ring (bicyclic) bond motifs is 3. The van der Waals surface area contributed by atoms with E-state index in [1.165, 1.54) is 13.0 Å². The van der Waals surface area contributed by atoms with Gasteiger partial charge in [0.25, 0.3) is 0 Å². The van der Waals surface area contributed by atoms with Crippen molar-refractivity contribution >= 4 is 33.6 Å². The number of hydrogen-bond acceptors (Lipinski definition) is 5. The lowest BCUT2D eigenvalue weighted by Crippen LogP contribution is -2.28. The molecule has 0 spiro atoms. The van der Waals surface area contributed by atoms with Crippen LogP contribution in [0.25, 0.3) is 21.7 Å². The molecule has 0 radical (unpaired) electrons. The highest BCUT2D eigenvalue weighted by Crippen LogP contribution is 2.28. The Labute approximate surface area is 178 Å². The molecule has 0 unspecified atom stereocenters. The van der Waals surface area contributed by atoms with Crippen LogP contribution in [-0.4, -0.2) is 11.9 Å². The molecule has 6 heteroatoms. The summed E-state index contributed by atoms with van der Waals surface area (Å²) in [6, 6.07) is 21.5. The van der Waals surface area contributed by atoms with Gasteiger partial charge >= 0.3 is 11.6 Å². The first-order valence-corrected chi connectivity index (χ1v) is 9.93. The molecule has 0 fully saturated rings. The lowest BCUT2D eigenvalue weighted by molar-refractivity contribution is -0.145. The summed E-state index contributed by atoms with van der Waals surface area (Å²) in [4.78, 5) is 36.2. The number of esters is 1. The number of carbonyl (C=O) groups excluding carboxylic acids is 2. The summed E-state index contributed by atoms with van der Waals surface area (Å²) < 4.78 is 10.8. The van der Waals surface area contributed by atoms with Crippen LogP contribution in [0.4, 0.5) is 0 Å². The Kier molecular flexibility index (Phi) is 5.80. The van der Waals surface area contributed by atoms with Gasteiger partial charge in [-0.15, -0.1) is 0 Å². The molecule has 1 N–H and O–H groups in total. The Morgan fingerprint density at radius 3 is 2.52 bits per heavy atom. The average molecular weight is 415 g/mol. The summed E-state index contributed by atoms with van der Waals surface area (Å²) in [5, 5.41) is 5.43. The van der Waals surface area contributed by atoms with Crippen LogP contribution in [-0.2, 0) is 20.9 Å². The first kappa shape index (κ1) is 20.3. The highest BCUT2D eigenvalue weighted by molar-refractivity contribution is 6.07. The molecule has 31 heavy (non-hydrogen) atoms. The Morgan fingerprint density at radius 2 is 1.74 bits per heavy atom. The second-order valence-electron chi connectivity index (χ2n) is 7.28. The Bertz CT molecular complexity index is 1310. The highest BCUT2D eigenvalue weighted by Gasteiger charge is 2.19. The number of amides is 1. The number of nitrogens with one attached hydrogen (secondary N) is 1. The zero-order chi connectivity index (χ0) is 21.8. The van der Waals surface area contributed by atoms with Crippen molar-refractivity contribution < 1.29 is 18.7 Å². The summed E-state index contributed by atoms with van der Waals surface area (Å²) in [5.41, 5.74) is 1.32. The molecule has 6 nitrogen and oxygen atoms in total. The molecule has 3 aromatic carbocycles. The first-order valence-electron chi connectivity index (χ1n) is 9.93. The van der Waals surface area contributed by atoms with E-state index < -0.39 is 17.6 Å².